The van der Waals surface area contributed by atoms with Crippen molar-refractivity contribution in [3.63, 3.8) is 0 Å². The molecule has 7 nitrogen and oxygen atoms in total. The van der Waals surface area contributed by atoms with Gasteiger partial charge in [-0.2, -0.15) is 0 Å². The molecule has 2 heterocycles. The number of likely N-dealkylation sites (N-methyl/N-ethyl adjacent to an activating group) is 1. The highest BCUT2D eigenvalue weighted by atomic mass is 16.2. The molecular weight excluding hydrogens is 356 g/mol. The van der Waals surface area contributed by atoms with Crippen molar-refractivity contribution in [2.45, 2.75) is 38.1 Å². The zero-order valence-electron chi connectivity index (χ0n) is 17.1. The smallest absolute Gasteiger partial charge is 0.250 e. The number of hydrogen-bond donors (Lipinski definition) is 0. The molecule has 3 rings (SSSR count). The van der Waals surface area contributed by atoms with E-state index >= 15 is 0 Å². The first-order valence-electron chi connectivity index (χ1n) is 9.99. The molecule has 1 aromatic rings. The van der Waals surface area contributed by atoms with Gasteiger partial charge in [-0.3, -0.25) is 14.4 Å². The fraction of sp³-hybridized carbons (Fsp3) is 0.571. The van der Waals surface area contributed by atoms with E-state index in [2.05, 4.69) is 4.90 Å². The molecule has 2 fully saturated rings. The summed E-state index contributed by atoms with van der Waals surface area (Å²) in [5.41, 5.74) is 0.292. The molecule has 1 aromatic carbocycles. The van der Waals surface area contributed by atoms with E-state index in [4.69, 9.17) is 0 Å². The van der Waals surface area contributed by atoms with Gasteiger partial charge in [-0.05, 0) is 31.4 Å². The van der Waals surface area contributed by atoms with Crippen molar-refractivity contribution in [2.75, 3.05) is 45.3 Å². The lowest BCUT2D eigenvalue weighted by molar-refractivity contribution is -0.141. The summed E-state index contributed by atoms with van der Waals surface area (Å²) < 4.78 is 0. The standard InChI is InChI=1S/C21H30N4O3/c1-4-8-18(26)23-13-11-21(12-14-23)20(28)24(15-19(27)22(2)3)16-25(21)17-9-6-5-7-10-17/h5-7,9-10H,4,8,11-16H2,1-3H3. The summed E-state index contributed by atoms with van der Waals surface area (Å²) in [7, 11) is 3.40. The Balaban J connectivity index is 1.84. The SMILES string of the molecule is CCCC(=O)N1CCC2(CC1)C(=O)N(CC(=O)N(C)C)CN2c1ccccc1. The van der Waals surface area contributed by atoms with E-state index in [9.17, 15) is 14.4 Å². The average Bonchev–Trinajstić information content (AvgIpc) is 2.95. The number of carbonyl (C=O) groups is 3. The number of anilines is 1. The summed E-state index contributed by atoms with van der Waals surface area (Å²) in [6.07, 6.45) is 2.55. The number of rotatable bonds is 5. The normalized spacial score (nSPS) is 18.7. The topological polar surface area (TPSA) is 64.2 Å². The van der Waals surface area contributed by atoms with Crippen molar-refractivity contribution in [3.05, 3.63) is 30.3 Å². The van der Waals surface area contributed by atoms with E-state index in [1.54, 1.807) is 19.0 Å². The molecule has 28 heavy (non-hydrogen) atoms. The van der Waals surface area contributed by atoms with Gasteiger partial charge in [-0.15, -0.1) is 0 Å². The monoisotopic (exact) mass is 386 g/mol. The predicted molar refractivity (Wildman–Crippen MR) is 108 cm³/mol. The van der Waals surface area contributed by atoms with E-state index < -0.39 is 5.54 Å². The second kappa shape index (κ2) is 8.20. The van der Waals surface area contributed by atoms with Crippen molar-refractivity contribution in [3.8, 4) is 0 Å². The highest BCUT2D eigenvalue weighted by molar-refractivity contribution is 5.96. The van der Waals surface area contributed by atoms with Gasteiger partial charge in [0.1, 0.15) is 12.1 Å². The second-order valence-corrected chi connectivity index (χ2v) is 7.86. The first-order chi connectivity index (χ1) is 13.4. The molecule has 0 atom stereocenters. The maximum atomic E-state index is 13.4. The van der Waals surface area contributed by atoms with Crippen LogP contribution in [0.1, 0.15) is 32.6 Å². The molecule has 152 valence electrons. The van der Waals surface area contributed by atoms with Crippen LogP contribution in [0.15, 0.2) is 30.3 Å². The Morgan fingerprint density at radius 3 is 2.32 bits per heavy atom. The molecule has 0 aliphatic carbocycles. The largest absolute Gasteiger partial charge is 0.347 e. The fourth-order valence-corrected chi connectivity index (χ4v) is 4.13. The molecule has 2 aliphatic heterocycles. The number of hydrogen-bond acceptors (Lipinski definition) is 4. The molecule has 0 bridgehead atoms. The molecular formula is C21H30N4O3. The lowest BCUT2D eigenvalue weighted by atomic mass is 9.85. The molecule has 0 unspecified atom stereocenters. The zero-order valence-corrected chi connectivity index (χ0v) is 17.1. The summed E-state index contributed by atoms with van der Waals surface area (Å²) >= 11 is 0. The van der Waals surface area contributed by atoms with Crippen molar-refractivity contribution >= 4 is 23.4 Å². The quantitative estimate of drug-likeness (QED) is 0.770. The highest BCUT2D eigenvalue weighted by Gasteiger charge is 2.54. The lowest BCUT2D eigenvalue weighted by Crippen LogP contribution is -2.57. The number of likely N-dealkylation sites (tertiary alicyclic amines) is 1. The third-order valence-electron chi connectivity index (χ3n) is 5.81. The maximum Gasteiger partial charge on any atom is 0.250 e. The number of para-hydroxylation sites is 1. The van der Waals surface area contributed by atoms with Gasteiger partial charge < -0.3 is 19.6 Å². The van der Waals surface area contributed by atoms with E-state index in [1.165, 1.54) is 4.90 Å². The summed E-state index contributed by atoms with van der Waals surface area (Å²) in [5.74, 6) is 0.0665. The summed E-state index contributed by atoms with van der Waals surface area (Å²) in [5, 5.41) is 0. The highest BCUT2D eigenvalue weighted by Crippen LogP contribution is 2.39. The number of carbonyl (C=O) groups excluding carboxylic acids is 3. The van der Waals surface area contributed by atoms with Gasteiger partial charge >= 0.3 is 0 Å². The van der Waals surface area contributed by atoms with Gasteiger partial charge in [0.15, 0.2) is 0 Å². The molecule has 0 aromatic heterocycles. The molecule has 7 heteroatoms. The van der Waals surface area contributed by atoms with Crippen LogP contribution in [-0.4, -0.2) is 78.4 Å². The number of piperidine rings is 1. The van der Waals surface area contributed by atoms with Crippen LogP contribution >= 0.6 is 0 Å². The fourth-order valence-electron chi connectivity index (χ4n) is 4.13. The molecule has 0 N–H and O–H groups in total. The predicted octanol–water partition coefficient (Wildman–Crippen LogP) is 1.54. The third kappa shape index (κ3) is 3.70. The minimum absolute atomic E-state index is 0.00542. The van der Waals surface area contributed by atoms with Crippen LogP contribution in [0.3, 0.4) is 0 Å². The maximum absolute atomic E-state index is 13.4. The first-order valence-corrected chi connectivity index (χ1v) is 9.99. The Labute approximate surface area is 166 Å². The van der Waals surface area contributed by atoms with Crippen LogP contribution in [0.5, 0.6) is 0 Å². The molecule has 0 saturated carbocycles. The summed E-state index contributed by atoms with van der Waals surface area (Å²) in [4.78, 5) is 45.1. The van der Waals surface area contributed by atoms with E-state index in [0.29, 0.717) is 39.0 Å². The Morgan fingerprint density at radius 2 is 1.75 bits per heavy atom. The van der Waals surface area contributed by atoms with Crippen molar-refractivity contribution < 1.29 is 14.4 Å². The van der Waals surface area contributed by atoms with Gasteiger partial charge in [0.25, 0.3) is 5.91 Å². The third-order valence-corrected chi connectivity index (χ3v) is 5.81. The number of nitrogens with zero attached hydrogens (tertiary/aromatic N) is 4. The second-order valence-electron chi connectivity index (χ2n) is 7.86. The van der Waals surface area contributed by atoms with Gasteiger partial charge in [0.2, 0.25) is 11.8 Å². The minimum atomic E-state index is -0.684. The number of amides is 3. The van der Waals surface area contributed by atoms with E-state index in [1.807, 2.05) is 42.2 Å². The van der Waals surface area contributed by atoms with Gasteiger partial charge in [-0.25, -0.2) is 0 Å². The molecule has 2 saturated heterocycles. The molecule has 2 aliphatic rings. The van der Waals surface area contributed by atoms with Gasteiger partial charge in [-0.1, -0.05) is 25.1 Å². The van der Waals surface area contributed by atoms with E-state index in [-0.39, 0.29) is 24.3 Å². The van der Waals surface area contributed by atoms with Crippen molar-refractivity contribution in [2.24, 2.45) is 0 Å². The minimum Gasteiger partial charge on any atom is -0.347 e. The zero-order chi connectivity index (χ0) is 20.3. The van der Waals surface area contributed by atoms with Crippen molar-refractivity contribution in [1.82, 2.24) is 14.7 Å². The Bertz CT molecular complexity index is 726. The van der Waals surface area contributed by atoms with Crippen LogP contribution in [0.25, 0.3) is 0 Å². The average molecular weight is 386 g/mol. The molecule has 0 radical (unpaired) electrons. The Hall–Kier alpha value is -2.57. The summed E-state index contributed by atoms with van der Waals surface area (Å²) in [6, 6.07) is 9.87. The Morgan fingerprint density at radius 1 is 1.11 bits per heavy atom. The van der Waals surface area contributed by atoms with Crippen LogP contribution in [0.2, 0.25) is 0 Å². The summed E-state index contributed by atoms with van der Waals surface area (Å²) in [6.45, 7) is 3.62. The Kier molecular flexibility index (Phi) is 5.91. The molecule has 1 spiro atoms. The van der Waals surface area contributed by atoms with Crippen LogP contribution in [0.4, 0.5) is 5.69 Å². The van der Waals surface area contributed by atoms with E-state index in [0.717, 1.165) is 12.1 Å². The molecule has 3 amide bonds. The van der Waals surface area contributed by atoms with Crippen molar-refractivity contribution in [1.29, 1.82) is 0 Å². The lowest BCUT2D eigenvalue weighted by Gasteiger charge is -2.43. The number of benzene rings is 1. The van der Waals surface area contributed by atoms with Gasteiger partial charge in [0, 0.05) is 39.3 Å². The van der Waals surface area contributed by atoms with Crippen LogP contribution in [0, 0.1) is 0 Å². The van der Waals surface area contributed by atoms with Gasteiger partial charge in [0.05, 0.1) is 6.67 Å². The first kappa shape index (κ1) is 20.2. The van der Waals surface area contributed by atoms with Crippen LogP contribution < -0.4 is 4.90 Å². The van der Waals surface area contributed by atoms with Crippen LogP contribution in [-0.2, 0) is 14.4 Å².